The quantitative estimate of drug-likeness (QED) is 0.886. The van der Waals surface area contributed by atoms with Crippen molar-refractivity contribution >= 4 is 0 Å². The van der Waals surface area contributed by atoms with E-state index in [0.29, 0.717) is 12.5 Å². The molecule has 1 heterocycles. The third-order valence-corrected chi connectivity index (χ3v) is 3.77. The monoisotopic (exact) mass is 287 g/mol. The Balaban J connectivity index is 2.14. The summed E-state index contributed by atoms with van der Waals surface area (Å²) in [4.78, 5) is 11.9. The van der Waals surface area contributed by atoms with Crippen molar-refractivity contribution < 1.29 is 0 Å². The summed E-state index contributed by atoms with van der Waals surface area (Å²) in [6, 6.07) is 8.83. The zero-order chi connectivity index (χ0) is 15.4. The van der Waals surface area contributed by atoms with E-state index in [2.05, 4.69) is 43.4 Å². The third kappa shape index (κ3) is 3.85. The molecule has 4 nitrogen and oxygen atoms in total. The fourth-order valence-electron chi connectivity index (χ4n) is 2.57. The second-order valence-corrected chi connectivity index (χ2v) is 6.02. The Labute approximate surface area is 126 Å². The number of nitrogens with one attached hydrogen (secondary N) is 1. The Morgan fingerprint density at radius 1 is 1.14 bits per heavy atom. The van der Waals surface area contributed by atoms with Gasteiger partial charge in [-0.15, -0.1) is 0 Å². The molecule has 0 radical (unpaired) electrons. The van der Waals surface area contributed by atoms with Gasteiger partial charge in [0.2, 0.25) is 0 Å². The lowest BCUT2D eigenvalue weighted by Gasteiger charge is -2.17. The molecular formula is C17H25N3O. The molecule has 4 heteroatoms. The average Bonchev–Trinajstić information content (AvgIpc) is 2.77. The topological polar surface area (TPSA) is 39.0 Å². The van der Waals surface area contributed by atoms with Gasteiger partial charge in [-0.05, 0) is 30.5 Å². The Hall–Kier alpha value is -1.81. The van der Waals surface area contributed by atoms with E-state index in [1.54, 1.807) is 22.4 Å². The number of benzene rings is 1. The largest absolute Gasteiger partial charge is 0.327 e. The highest BCUT2D eigenvalue weighted by Gasteiger charge is 2.12. The molecule has 0 amide bonds. The lowest BCUT2D eigenvalue weighted by Crippen LogP contribution is -2.29. The molecule has 2 rings (SSSR count). The van der Waals surface area contributed by atoms with Gasteiger partial charge in [-0.2, -0.15) is 0 Å². The number of aromatic nitrogens is 2. The molecule has 1 atom stereocenters. The summed E-state index contributed by atoms with van der Waals surface area (Å²) in [5.41, 5.74) is 2.59. The van der Waals surface area contributed by atoms with Crippen LogP contribution in [-0.2, 0) is 20.0 Å². The van der Waals surface area contributed by atoms with Crippen LogP contribution in [0, 0.1) is 5.92 Å². The molecule has 0 saturated carbocycles. The minimum atomic E-state index is 0.0201. The average molecular weight is 287 g/mol. The molecule has 21 heavy (non-hydrogen) atoms. The van der Waals surface area contributed by atoms with Crippen LogP contribution < -0.4 is 11.0 Å². The first kappa shape index (κ1) is 15.6. The summed E-state index contributed by atoms with van der Waals surface area (Å²) < 4.78 is 3.33. The Kier molecular flexibility index (Phi) is 5.02. The molecule has 114 valence electrons. The van der Waals surface area contributed by atoms with Crippen LogP contribution in [0.5, 0.6) is 0 Å². The number of rotatable bonds is 6. The first-order chi connectivity index (χ1) is 10.0. The minimum absolute atomic E-state index is 0.0201. The van der Waals surface area contributed by atoms with Gasteiger partial charge in [0.25, 0.3) is 0 Å². The number of hydrogen-bond acceptors (Lipinski definition) is 2. The van der Waals surface area contributed by atoms with Gasteiger partial charge in [-0.25, -0.2) is 4.79 Å². The summed E-state index contributed by atoms with van der Waals surface area (Å²) in [7, 11) is 3.70. The molecule has 0 fully saturated rings. The highest BCUT2D eigenvalue weighted by atomic mass is 16.1. The summed E-state index contributed by atoms with van der Waals surface area (Å²) in [6.45, 7) is 5.10. The third-order valence-electron chi connectivity index (χ3n) is 3.77. The van der Waals surface area contributed by atoms with E-state index in [-0.39, 0.29) is 11.7 Å². The van der Waals surface area contributed by atoms with Crippen molar-refractivity contribution in [3.05, 3.63) is 58.3 Å². The number of likely N-dealkylation sites (N-methyl/N-ethyl adjacent to an activating group) is 1. The highest BCUT2D eigenvalue weighted by Crippen LogP contribution is 2.17. The van der Waals surface area contributed by atoms with Crippen molar-refractivity contribution in [2.24, 2.45) is 13.0 Å². The number of nitrogens with zero attached hydrogens (tertiary/aromatic N) is 2. The molecule has 1 aromatic carbocycles. The van der Waals surface area contributed by atoms with Crippen molar-refractivity contribution in [3.8, 4) is 0 Å². The van der Waals surface area contributed by atoms with Crippen molar-refractivity contribution in [1.29, 1.82) is 0 Å². The Morgan fingerprint density at radius 3 is 2.29 bits per heavy atom. The van der Waals surface area contributed by atoms with Crippen molar-refractivity contribution in [2.45, 2.75) is 32.9 Å². The Bertz CT molecular complexity index is 622. The predicted molar refractivity (Wildman–Crippen MR) is 86.5 cm³/mol. The molecule has 1 N–H and O–H groups in total. The summed E-state index contributed by atoms with van der Waals surface area (Å²) in [5, 5.41) is 3.29. The van der Waals surface area contributed by atoms with E-state index in [1.807, 2.05) is 13.2 Å². The maximum absolute atomic E-state index is 11.9. The predicted octanol–water partition coefficient (Wildman–Crippen LogP) is 2.35. The molecule has 0 aliphatic rings. The van der Waals surface area contributed by atoms with Gasteiger partial charge in [0.15, 0.2) is 0 Å². The maximum Gasteiger partial charge on any atom is 0.327 e. The van der Waals surface area contributed by atoms with E-state index in [1.165, 1.54) is 11.1 Å². The fourth-order valence-corrected chi connectivity index (χ4v) is 2.57. The van der Waals surface area contributed by atoms with E-state index < -0.39 is 0 Å². The summed E-state index contributed by atoms with van der Waals surface area (Å²) in [5.74, 6) is 0.666. The second-order valence-electron chi connectivity index (χ2n) is 6.02. The first-order valence-corrected chi connectivity index (χ1v) is 7.49. The van der Waals surface area contributed by atoms with E-state index in [0.717, 1.165) is 6.42 Å². The molecule has 0 spiro atoms. The van der Waals surface area contributed by atoms with E-state index in [4.69, 9.17) is 0 Å². The second kappa shape index (κ2) is 6.76. The zero-order valence-electron chi connectivity index (χ0n) is 13.3. The first-order valence-electron chi connectivity index (χ1n) is 7.49. The number of hydrogen-bond donors (Lipinski definition) is 1. The smallest absolute Gasteiger partial charge is 0.312 e. The van der Waals surface area contributed by atoms with Gasteiger partial charge in [-0.1, -0.05) is 38.1 Å². The number of imidazole rings is 1. The van der Waals surface area contributed by atoms with Crippen molar-refractivity contribution in [2.75, 3.05) is 7.05 Å². The summed E-state index contributed by atoms with van der Waals surface area (Å²) in [6.07, 6.45) is 4.73. The van der Waals surface area contributed by atoms with Crippen LogP contribution in [0.4, 0.5) is 0 Å². The highest BCUT2D eigenvalue weighted by molar-refractivity contribution is 5.25. The maximum atomic E-state index is 11.9. The molecule has 0 saturated heterocycles. The van der Waals surface area contributed by atoms with Crippen LogP contribution in [-0.4, -0.2) is 16.2 Å². The summed E-state index contributed by atoms with van der Waals surface area (Å²) >= 11 is 0. The van der Waals surface area contributed by atoms with Crippen LogP contribution in [0.2, 0.25) is 0 Å². The van der Waals surface area contributed by atoms with Gasteiger partial charge in [0, 0.05) is 26.0 Å². The van der Waals surface area contributed by atoms with Gasteiger partial charge in [0.05, 0.1) is 6.04 Å². The normalized spacial score (nSPS) is 12.8. The van der Waals surface area contributed by atoms with Crippen LogP contribution >= 0.6 is 0 Å². The fraction of sp³-hybridized carbons (Fsp3) is 0.471. The van der Waals surface area contributed by atoms with Gasteiger partial charge < -0.3 is 9.88 Å². The van der Waals surface area contributed by atoms with Gasteiger partial charge in [0.1, 0.15) is 0 Å². The van der Waals surface area contributed by atoms with Crippen molar-refractivity contribution in [3.63, 3.8) is 0 Å². The van der Waals surface area contributed by atoms with E-state index >= 15 is 0 Å². The van der Waals surface area contributed by atoms with Crippen molar-refractivity contribution in [1.82, 2.24) is 14.5 Å². The molecule has 1 unspecified atom stereocenters. The van der Waals surface area contributed by atoms with Crippen LogP contribution in [0.3, 0.4) is 0 Å². The minimum Gasteiger partial charge on any atom is -0.312 e. The van der Waals surface area contributed by atoms with Crippen LogP contribution in [0.15, 0.2) is 41.5 Å². The molecular weight excluding hydrogens is 262 g/mol. The van der Waals surface area contributed by atoms with Crippen LogP contribution in [0.1, 0.15) is 31.0 Å². The van der Waals surface area contributed by atoms with Gasteiger partial charge >= 0.3 is 5.69 Å². The molecule has 0 aliphatic carbocycles. The molecule has 1 aromatic heterocycles. The Morgan fingerprint density at radius 2 is 1.81 bits per heavy atom. The SMILES string of the molecule is CNC(Cn1ccn(C)c1=O)c1ccc(CC(C)C)cc1. The molecule has 0 bridgehead atoms. The standard InChI is InChI=1S/C17H25N3O/c1-13(2)11-14-5-7-15(8-6-14)16(18-3)12-20-10-9-19(4)17(20)21/h5-10,13,16,18H,11-12H2,1-4H3. The zero-order valence-corrected chi connectivity index (χ0v) is 13.3. The van der Waals surface area contributed by atoms with E-state index in [9.17, 15) is 4.79 Å². The lowest BCUT2D eigenvalue weighted by atomic mass is 9.99. The molecule has 2 aromatic rings. The molecule has 0 aliphatic heterocycles. The van der Waals surface area contributed by atoms with Gasteiger partial charge in [-0.3, -0.25) is 4.57 Å². The number of aryl methyl sites for hydroxylation is 1. The van der Waals surface area contributed by atoms with Crippen LogP contribution in [0.25, 0.3) is 0 Å². The lowest BCUT2D eigenvalue weighted by molar-refractivity contribution is 0.487.